The molecule has 1 aromatic heterocycles. The second-order valence-corrected chi connectivity index (χ2v) is 8.49. The number of nitrogens with one attached hydrogen (secondary N) is 1. The lowest BCUT2D eigenvalue weighted by Crippen LogP contribution is -2.24. The summed E-state index contributed by atoms with van der Waals surface area (Å²) in [4.78, 5) is 30.2. The second-order valence-electron chi connectivity index (χ2n) is 7.11. The largest absolute Gasteiger partial charge is 0.494 e. The Morgan fingerprint density at radius 1 is 1.12 bits per heavy atom. The molecule has 4 aromatic rings. The first-order valence-corrected chi connectivity index (χ1v) is 11.9. The number of ether oxygens (including phenoxy) is 1. The highest BCUT2D eigenvalue weighted by atomic mass is 35.5. The van der Waals surface area contributed by atoms with E-state index in [1.807, 2.05) is 37.3 Å². The lowest BCUT2D eigenvalue weighted by Gasteiger charge is -2.13. The van der Waals surface area contributed by atoms with Gasteiger partial charge in [-0.25, -0.2) is 10.4 Å². The Balaban J connectivity index is 1.50. The number of carbonyl (C=O) groups is 1. The van der Waals surface area contributed by atoms with Crippen molar-refractivity contribution in [3.63, 3.8) is 0 Å². The summed E-state index contributed by atoms with van der Waals surface area (Å²) in [5.41, 5.74) is 4.29. The fourth-order valence-corrected chi connectivity index (χ4v) is 4.12. The molecule has 0 spiro atoms. The molecule has 172 valence electrons. The first-order valence-electron chi connectivity index (χ1n) is 10.5. The summed E-state index contributed by atoms with van der Waals surface area (Å²) in [5, 5.41) is 5.46. The number of carbonyl (C=O) groups excluding carboxylic acids is 1. The molecule has 0 atom stereocenters. The van der Waals surface area contributed by atoms with Crippen molar-refractivity contribution in [3.8, 4) is 11.4 Å². The smallest absolute Gasteiger partial charge is 0.266 e. The highest BCUT2D eigenvalue weighted by molar-refractivity contribution is 7.99. The van der Waals surface area contributed by atoms with Crippen LogP contribution in [0, 0.1) is 0 Å². The summed E-state index contributed by atoms with van der Waals surface area (Å²) in [5.74, 6) is 0.478. The van der Waals surface area contributed by atoms with Gasteiger partial charge in [-0.1, -0.05) is 35.5 Å². The van der Waals surface area contributed by atoms with Gasteiger partial charge in [0.15, 0.2) is 5.16 Å². The van der Waals surface area contributed by atoms with Gasteiger partial charge in [0.2, 0.25) is 0 Å². The first kappa shape index (κ1) is 23.5. The van der Waals surface area contributed by atoms with Crippen molar-refractivity contribution in [2.45, 2.75) is 12.1 Å². The van der Waals surface area contributed by atoms with Crippen molar-refractivity contribution >= 4 is 46.4 Å². The zero-order valence-corrected chi connectivity index (χ0v) is 19.8. The van der Waals surface area contributed by atoms with E-state index in [-0.39, 0.29) is 17.2 Å². The molecule has 0 saturated carbocycles. The third-order valence-corrected chi connectivity index (χ3v) is 5.95. The van der Waals surface area contributed by atoms with Crippen molar-refractivity contribution in [1.29, 1.82) is 0 Å². The number of benzene rings is 3. The normalized spacial score (nSPS) is 11.1. The van der Waals surface area contributed by atoms with E-state index in [2.05, 4.69) is 15.5 Å². The standard InChI is InChI=1S/C25H21ClN4O3S/c1-2-33-20-13-7-17(8-14-20)15-27-29-23(31)16-34-25-28-22-6-4-3-5-21(22)24(32)30(25)19-11-9-18(26)10-12-19/h3-15H,2,16H2,1H3,(H,29,31)/b27-15-. The van der Waals surface area contributed by atoms with Crippen LogP contribution >= 0.6 is 23.4 Å². The minimum absolute atomic E-state index is 0.0268. The van der Waals surface area contributed by atoms with Gasteiger partial charge in [0.05, 0.1) is 35.2 Å². The Labute approximate surface area is 205 Å². The maximum atomic E-state index is 13.2. The maximum Gasteiger partial charge on any atom is 0.266 e. The van der Waals surface area contributed by atoms with Crippen molar-refractivity contribution < 1.29 is 9.53 Å². The van der Waals surface area contributed by atoms with Crippen molar-refractivity contribution in [1.82, 2.24) is 15.0 Å². The van der Waals surface area contributed by atoms with E-state index >= 15 is 0 Å². The summed E-state index contributed by atoms with van der Waals surface area (Å²) in [6.07, 6.45) is 1.55. The number of para-hydroxylation sites is 1. The number of hydrazone groups is 1. The van der Waals surface area contributed by atoms with Gasteiger partial charge in [-0.15, -0.1) is 0 Å². The van der Waals surface area contributed by atoms with Crippen LogP contribution < -0.4 is 15.7 Å². The molecule has 0 aliphatic carbocycles. The van der Waals surface area contributed by atoms with Crippen molar-refractivity contribution in [3.05, 3.63) is 93.7 Å². The summed E-state index contributed by atoms with van der Waals surface area (Å²) in [6, 6.07) is 21.4. The molecule has 4 rings (SSSR count). The molecule has 0 radical (unpaired) electrons. The van der Waals surface area contributed by atoms with Gasteiger partial charge < -0.3 is 4.74 Å². The molecule has 1 heterocycles. The predicted octanol–water partition coefficient (Wildman–Crippen LogP) is 4.68. The van der Waals surface area contributed by atoms with Crippen molar-refractivity contribution in [2.24, 2.45) is 5.10 Å². The number of rotatable bonds is 8. The Morgan fingerprint density at radius 2 is 1.85 bits per heavy atom. The summed E-state index contributed by atoms with van der Waals surface area (Å²) < 4.78 is 6.89. The minimum atomic E-state index is -0.322. The lowest BCUT2D eigenvalue weighted by atomic mass is 10.2. The van der Waals surface area contributed by atoms with E-state index in [9.17, 15) is 9.59 Å². The average molecular weight is 493 g/mol. The molecule has 0 unspecified atom stereocenters. The number of halogens is 1. The van der Waals surface area contributed by atoms with Crippen LogP contribution in [0.5, 0.6) is 5.75 Å². The van der Waals surface area contributed by atoms with E-state index in [1.54, 1.807) is 48.7 Å². The number of amides is 1. The molecule has 9 heteroatoms. The second kappa shape index (κ2) is 11.0. The van der Waals surface area contributed by atoms with Gasteiger partial charge in [0.1, 0.15) is 5.75 Å². The quantitative estimate of drug-likeness (QED) is 0.167. The molecule has 0 saturated heterocycles. The van der Waals surface area contributed by atoms with E-state index in [0.29, 0.717) is 33.4 Å². The third kappa shape index (κ3) is 5.65. The number of hydrogen-bond donors (Lipinski definition) is 1. The third-order valence-electron chi connectivity index (χ3n) is 4.76. The number of aromatic nitrogens is 2. The zero-order valence-electron chi connectivity index (χ0n) is 18.3. The topological polar surface area (TPSA) is 85.6 Å². The van der Waals surface area contributed by atoms with E-state index < -0.39 is 0 Å². The van der Waals surface area contributed by atoms with Crippen LogP contribution in [0.25, 0.3) is 16.6 Å². The number of hydrogen-bond acceptors (Lipinski definition) is 6. The van der Waals surface area contributed by atoms with Gasteiger partial charge in [-0.2, -0.15) is 5.10 Å². The summed E-state index contributed by atoms with van der Waals surface area (Å²) in [7, 11) is 0. The molecule has 0 fully saturated rings. The monoisotopic (exact) mass is 492 g/mol. The Hall–Kier alpha value is -3.62. The predicted molar refractivity (Wildman–Crippen MR) is 136 cm³/mol. The number of nitrogens with zero attached hydrogens (tertiary/aromatic N) is 3. The molecular formula is C25H21ClN4O3S. The number of thioether (sulfide) groups is 1. The maximum absolute atomic E-state index is 13.2. The van der Waals surface area contributed by atoms with Gasteiger partial charge in [-0.3, -0.25) is 14.2 Å². The van der Waals surface area contributed by atoms with Crippen LogP contribution in [0.3, 0.4) is 0 Å². The fraction of sp³-hybridized carbons (Fsp3) is 0.120. The molecule has 0 bridgehead atoms. The molecule has 0 aliphatic rings. The van der Waals surface area contributed by atoms with Crippen LogP contribution in [0.2, 0.25) is 5.02 Å². The Morgan fingerprint density at radius 3 is 2.59 bits per heavy atom. The van der Waals surface area contributed by atoms with Gasteiger partial charge in [0.25, 0.3) is 11.5 Å². The molecule has 0 aliphatic heterocycles. The molecular weight excluding hydrogens is 472 g/mol. The molecule has 7 nitrogen and oxygen atoms in total. The Bertz CT molecular complexity index is 1390. The van der Waals surface area contributed by atoms with Crippen LogP contribution in [0.4, 0.5) is 0 Å². The lowest BCUT2D eigenvalue weighted by molar-refractivity contribution is -0.118. The fourth-order valence-electron chi connectivity index (χ4n) is 3.18. The van der Waals surface area contributed by atoms with E-state index in [1.165, 1.54) is 4.57 Å². The molecule has 3 aromatic carbocycles. The minimum Gasteiger partial charge on any atom is -0.494 e. The van der Waals surface area contributed by atoms with Crippen LogP contribution in [0.1, 0.15) is 12.5 Å². The first-order chi connectivity index (χ1) is 16.5. The Kier molecular flexibility index (Phi) is 7.61. The van der Waals surface area contributed by atoms with Crippen molar-refractivity contribution in [2.75, 3.05) is 12.4 Å². The van der Waals surface area contributed by atoms with Gasteiger partial charge in [-0.05, 0) is 73.2 Å². The highest BCUT2D eigenvalue weighted by Crippen LogP contribution is 2.22. The van der Waals surface area contributed by atoms with Crippen LogP contribution in [-0.4, -0.2) is 34.0 Å². The molecule has 1 amide bonds. The number of fused-ring (bicyclic) bond motifs is 1. The van der Waals surface area contributed by atoms with Crippen LogP contribution in [-0.2, 0) is 4.79 Å². The molecule has 1 N–H and O–H groups in total. The SMILES string of the molecule is CCOc1ccc(/C=N\NC(=O)CSc2nc3ccccc3c(=O)n2-c2ccc(Cl)cc2)cc1. The van der Waals surface area contributed by atoms with Gasteiger partial charge in [0, 0.05) is 5.02 Å². The van der Waals surface area contributed by atoms with Crippen LogP contribution in [0.15, 0.2) is 87.8 Å². The van der Waals surface area contributed by atoms with Gasteiger partial charge >= 0.3 is 0 Å². The highest BCUT2D eigenvalue weighted by Gasteiger charge is 2.14. The summed E-state index contributed by atoms with van der Waals surface area (Å²) >= 11 is 7.16. The zero-order chi connectivity index (χ0) is 23.9. The van der Waals surface area contributed by atoms with E-state index in [4.69, 9.17) is 16.3 Å². The van der Waals surface area contributed by atoms with E-state index in [0.717, 1.165) is 23.1 Å². The average Bonchev–Trinajstić information content (AvgIpc) is 2.85. The summed E-state index contributed by atoms with van der Waals surface area (Å²) in [6.45, 7) is 2.52. The molecule has 34 heavy (non-hydrogen) atoms.